The summed E-state index contributed by atoms with van der Waals surface area (Å²) in [4.78, 5) is 10.9. The topological polar surface area (TPSA) is 89.3 Å². The Morgan fingerprint density at radius 2 is 2.12 bits per heavy atom. The summed E-state index contributed by atoms with van der Waals surface area (Å²) in [5.41, 5.74) is 0.146. The summed E-state index contributed by atoms with van der Waals surface area (Å²) < 4.78 is 24.5. The quantitative estimate of drug-likeness (QED) is 0.832. The van der Waals surface area contributed by atoms with Crippen LogP contribution in [-0.4, -0.2) is 34.5 Å². The minimum atomic E-state index is -3.31. The Hall–Kier alpha value is -1.37. The third kappa shape index (κ3) is 2.41. The van der Waals surface area contributed by atoms with Gasteiger partial charge in [0, 0.05) is 12.6 Å². The Labute approximate surface area is 93.8 Å². The molecule has 1 aromatic heterocycles. The lowest BCUT2D eigenvalue weighted by Crippen LogP contribution is -2.18. The predicted octanol–water partition coefficient (Wildman–Crippen LogP) is 0.442. The van der Waals surface area contributed by atoms with Gasteiger partial charge in [0.2, 0.25) is 0 Å². The van der Waals surface area contributed by atoms with E-state index in [2.05, 4.69) is 5.10 Å². The highest BCUT2D eigenvalue weighted by atomic mass is 32.2. The van der Waals surface area contributed by atoms with Crippen LogP contribution in [0.1, 0.15) is 29.9 Å². The normalized spacial score (nSPS) is 12.0. The van der Waals surface area contributed by atoms with E-state index < -0.39 is 21.1 Å². The highest BCUT2D eigenvalue weighted by molar-refractivity contribution is 7.91. The van der Waals surface area contributed by atoms with Gasteiger partial charge in [-0.05, 0) is 13.8 Å². The Morgan fingerprint density at radius 1 is 1.56 bits per heavy atom. The average Bonchev–Trinajstić information content (AvgIpc) is 2.45. The van der Waals surface area contributed by atoms with Crippen LogP contribution in [0.2, 0.25) is 0 Å². The molecule has 0 unspecified atom stereocenters. The van der Waals surface area contributed by atoms with E-state index in [4.69, 9.17) is 5.11 Å². The first-order valence-electron chi connectivity index (χ1n) is 4.71. The molecule has 0 saturated carbocycles. The number of carboxylic acids is 1. The number of sulfone groups is 1. The fourth-order valence-electron chi connectivity index (χ4n) is 1.25. The van der Waals surface area contributed by atoms with Crippen molar-refractivity contribution in [2.24, 2.45) is 7.05 Å². The molecule has 1 N–H and O–H groups in total. The predicted molar refractivity (Wildman–Crippen MR) is 57.9 cm³/mol. The van der Waals surface area contributed by atoms with Crippen molar-refractivity contribution >= 4 is 15.8 Å². The van der Waals surface area contributed by atoms with Crippen molar-refractivity contribution < 1.29 is 18.3 Å². The summed E-state index contributed by atoms with van der Waals surface area (Å²) >= 11 is 0. The number of hydrogen-bond acceptors (Lipinski definition) is 4. The van der Waals surface area contributed by atoms with Crippen molar-refractivity contribution in [2.75, 3.05) is 0 Å². The van der Waals surface area contributed by atoms with Crippen LogP contribution in [0.3, 0.4) is 0 Å². The van der Waals surface area contributed by atoms with Crippen molar-refractivity contribution in [3.63, 3.8) is 0 Å². The lowest BCUT2D eigenvalue weighted by molar-refractivity contribution is 0.0684. The first-order chi connectivity index (χ1) is 7.25. The van der Waals surface area contributed by atoms with E-state index in [1.165, 1.54) is 13.2 Å². The van der Waals surface area contributed by atoms with E-state index in [0.717, 1.165) is 4.68 Å². The van der Waals surface area contributed by atoms with Gasteiger partial charge < -0.3 is 5.11 Å². The number of aryl methyl sites for hydroxylation is 1. The molecular weight excluding hydrogens is 232 g/mol. The van der Waals surface area contributed by atoms with Gasteiger partial charge in [0.25, 0.3) is 0 Å². The van der Waals surface area contributed by atoms with E-state index in [-0.39, 0.29) is 17.0 Å². The maximum atomic E-state index is 11.7. The number of aromatic nitrogens is 2. The second-order valence-corrected chi connectivity index (χ2v) is 6.36. The third-order valence-electron chi connectivity index (χ3n) is 2.29. The van der Waals surface area contributed by atoms with E-state index in [1.807, 2.05) is 0 Å². The van der Waals surface area contributed by atoms with Gasteiger partial charge in [-0.3, -0.25) is 4.68 Å². The molecule has 0 saturated heterocycles. The zero-order valence-corrected chi connectivity index (χ0v) is 10.2. The summed E-state index contributed by atoms with van der Waals surface area (Å²) in [6, 6.07) is 0. The van der Waals surface area contributed by atoms with Crippen molar-refractivity contribution in [2.45, 2.75) is 24.9 Å². The molecule has 1 rings (SSSR count). The highest BCUT2D eigenvalue weighted by Crippen LogP contribution is 2.14. The van der Waals surface area contributed by atoms with Crippen LogP contribution in [-0.2, 0) is 22.6 Å². The number of hydrogen-bond donors (Lipinski definition) is 1. The van der Waals surface area contributed by atoms with E-state index in [9.17, 15) is 13.2 Å². The van der Waals surface area contributed by atoms with Crippen LogP contribution >= 0.6 is 0 Å². The molecule has 0 bridgehead atoms. The molecule has 0 radical (unpaired) electrons. The standard InChI is InChI=1S/C9H14N2O4S/c1-6(2)16(14,15)5-7-4-10-11(3)8(7)9(12)13/h4,6H,5H2,1-3H3,(H,12,13). The van der Waals surface area contributed by atoms with Crippen LogP contribution in [0, 0.1) is 0 Å². The molecule has 0 aliphatic heterocycles. The fraction of sp³-hybridized carbons (Fsp3) is 0.556. The summed E-state index contributed by atoms with van der Waals surface area (Å²) in [5.74, 6) is -1.46. The van der Waals surface area contributed by atoms with E-state index in [1.54, 1.807) is 13.8 Å². The second kappa shape index (κ2) is 4.25. The fourth-order valence-corrected chi connectivity index (χ4v) is 2.23. The molecular formula is C9H14N2O4S. The molecule has 0 aromatic carbocycles. The first-order valence-corrected chi connectivity index (χ1v) is 6.43. The van der Waals surface area contributed by atoms with Crippen LogP contribution in [0.5, 0.6) is 0 Å². The monoisotopic (exact) mass is 246 g/mol. The molecule has 6 nitrogen and oxygen atoms in total. The number of aromatic carboxylic acids is 1. The van der Waals surface area contributed by atoms with Crippen molar-refractivity contribution in [3.8, 4) is 0 Å². The highest BCUT2D eigenvalue weighted by Gasteiger charge is 2.23. The minimum absolute atomic E-state index is 0.0794. The Bertz CT molecular complexity index is 502. The zero-order chi connectivity index (χ0) is 12.5. The largest absolute Gasteiger partial charge is 0.477 e. The molecule has 0 aliphatic rings. The first kappa shape index (κ1) is 12.7. The third-order valence-corrected chi connectivity index (χ3v) is 4.44. The van der Waals surface area contributed by atoms with Crippen LogP contribution in [0.25, 0.3) is 0 Å². The maximum Gasteiger partial charge on any atom is 0.354 e. The Kier molecular flexibility index (Phi) is 3.37. The second-order valence-electron chi connectivity index (χ2n) is 3.80. The van der Waals surface area contributed by atoms with Gasteiger partial charge in [-0.25, -0.2) is 13.2 Å². The van der Waals surface area contributed by atoms with E-state index in [0.29, 0.717) is 0 Å². The summed E-state index contributed by atoms with van der Waals surface area (Å²) in [6.07, 6.45) is 1.28. The van der Waals surface area contributed by atoms with Gasteiger partial charge in [-0.2, -0.15) is 5.10 Å². The van der Waals surface area contributed by atoms with Crippen molar-refractivity contribution in [1.82, 2.24) is 9.78 Å². The molecule has 0 spiro atoms. The number of nitrogens with zero attached hydrogens (tertiary/aromatic N) is 2. The molecule has 7 heteroatoms. The van der Waals surface area contributed by atoms with Gasteiger partial charge in [0.15, 0.2) is 9.84 Å². The van der Waals surface area contributed by atoms with Crippen molar-refractivity contribution in [3.05, 3.63) is 17.5 Å². The van der Waals surface area contributed by atoms with Crippen LogP contribution < -0.4 is 0 Å². The minimum Gasteiger partial charge on any atom is -0.477 e. The van der Waals surface area contributed by atoms with Gasteiger partial charge in [0.1, 0.15) is 5.69 Å². The van der Waals surface area contributed by atoms with E-state index >= 15 is 0 Å². The lowest BCUT2D eigenvalue weighted by atomic mass is 10.3. The molecule has 0 atom stereocenters. The smallest absolute Gasteiger partial charge is 0.354 e. The molecule has 1 heterocycles. The molecule has 90 valence electrons. The summed E-state index contributed by atoms with van der Waals surface area (Å²) in [7, 11) is -1.84. The Morgan fingerprint density at radius 3 is 2.56 bits per heavy atom. The Balaban J connectivity index is 3.13. The van der Waals surface area contributed by atoms with Crippen LogP contribution in [0.15, 0.2) is 6.20 Å². The molecule has 0 amide bonds. The molecule has 16 heavy (non-hydrogen) atoms. The molecule has 0 aliphatic carbocycles. The summed E-state index contributed by atoms with van der Waals surface area (Å²) in [6.45, 7) is 3.12. The molecule has 1 aromatic rings. The van der Waals surface area contributed by atoms with Gasteiger partial charge in [-0.15, -0.1) is 0 Å². The average molecular weight is 246 g/mol. The van der Waals surface area contributed by atoms with Crippen LogP contribution in [0.4, 0.5) is 0 Å². The number of carbonyl (C=O) groups is 1. The number of rotatable bonds is 4. The zero-order valence-electron chi connectivity index (χ0n) is 9.34. The van der Waals surface area contributed by atoms with Gasteiger partial charge in [0.05, 0.1) is 17.2 Å². The molecule has 0 fully saturated rings. The van der Waals surface area contributed by atoms with Gasteiger partial charge >= 0.3 is 5.97 Å². The lowest BCUT2D eigenvalue weighted by Gasteiger charge is -2.06. The summed E-state index contributed by atoms with van der Waals surface area (Å²) in [5, 5.41) is 12.1. The maximum absolute atomic E-state index is 11.7. The number of carboxylic acid groups (broad SMARTS) is 1. The van der Waals surface area contributed by atoms with Gasteiger partial charge in [-0.1, -0.05) is 0 Å². The van der Waals surface area contributed by atoms with Crippen molar-refractivity contribution in [1.29, 1.82) is 0 Å². The SMILES string of the molecule is CC(C)S(=O)(=O)Cc1cnn(C)c1C(=O)O.